The third-order valence-electron chi connectivity index (χ3n) is 7.50. The zero-order valence-corrected chi connectivity index (χ0v) is 30.0. The Morgan fingerprint density at radius 3 is 2.49 bits per heavy atom. The number of ether oxygens (including phenoxy) is 3. The maximum atomic E-state index is 14.0. The summed E-state index contributed by atoms with van der Waals surface area (Å²) in [4.78, 5) is 31.4. The van der Waals surface area contributed by atoms with E-state index in [-0.39, 0.29) is 40.3 Å². The second kappa shape index (κ2) is 15.7. The number of aryl methyl sites for hydroxylation is 1. The Bertz CT molecular complexity index is 2120. The number of halogens is 3. The Morgan fingerprint density at radius 2 is 1.78 bits per heavy atom. The fourth-order valence-electron chi connectivity index (χ4n) is 5.19. The van der Waals surface area contributed by atoms with Gasteiger partial charge in [0.05, 0.1) is 30.3 Å². The van der Waals surface area contributed by atoms with E-state index in [2.05, 4.69) is 40.2 Å². The number of nitrogens with zero attached hydrogens (tertiary/aromatic N) is 3. The molecule has 0 aliphatic heterocycles. The standard InChI is InChI=1S/C37H35BrClFN4O5/c1-6-47-30-15-22(5)28(18-27(30)21(3)4)36-43-29-14-9-8-13-26(29)37(46)44(36)41-19-23-16-31(48-7-2)35(34(39)33(23)38)49-20-32(45)42-25-12-10-11-24(40)17-25/h8-19,21H,6-7,20H2,1-5H3,(H,42,45). The van der Waals surface area contributed by atoms with E-state index < -0.39 is 18.3 Å². The summed E-state index contributed by atoms with van der Waals surface area (Å²) in [5.74, 6) is 0.666. The Labute approximate surface area is 296 Å². The minimum absolute atomic E-state index is 0.124. The van der Waals surface area contributed by atoms with Crippen LogP contribution in [-0.4, -0.2) is 41.6 Å². The van der Waals surface area contributed by atoms with Gasteiger partial charge in [-0.1, -0.05) is 43.6 Å². The molecule has 0 aliphatic carbocycles. The zero-order chi connectivity index (χ0) is 35.2. The number of aromatic nitrogens is 2. The molecule has 1 heterocycles. The van der Waals surface area contributed by atoms with Crippen molar-refractivity contribution in [3.8, 4) is 28.6 Å². The Morgan fingerprint density at radius 1 is 1.04 bits per heavy atom. The molecular formula is C37H35BrClFN4O5. The number of hydrogen-bond donors (Lipinski definition) is 1. The monoisotopic (exact) mass is 748 g/mol. The van der Waals surface area contributed by atoms with Gasteiger partial charge in [0.15, 0.2) is 23.9 Å². The van der Waals surface area contributed by atoms with Crippen LogP contribution in [0.15, 0.2) is 81.1 Å². The van der Waals surface area contributed by atoms with Crippen LogP contribution < -0.4 is 25.1 Å². The molecule has 9 nitrogen and oxygen atoms in total. The Balaban J connectivity index is 1.56. The first-order chi connectivity index (χ1) is 23.5. The van der Waals surface area contributed by atoms with Gasteiger partial charge in [0.1, 0.15) is 16.6 Å². The molecule has 0 saturated heterocycles. The second-order valence-corrected chi connectivity index (χ2v) is 12.5. The molecule has 5 rings (SSSR count). The average molecular weight is 750 g/mol. The van der Waals surface area contributed by atoms with Crippen molar-refractivity contribution in [2.45, 2.75) is 40.5 Å². The second-order valence-electron chi connectivity index (χ2n) is 11.3. The highest BCUT2D eigenvalue weighted by Crippen LogP contribution is 2.42. The molecule has 0 bridgehead atoms. The van der Waals surface area contributed by atoms with Crippen molar-refractivity contribution >= 4 is 56.2 Å². The minimum atomic E-state index is -0.521. The van der Waals surface area contributed by atoms with Gasteiger partial charge >= 0.3 is 0 Å². The highest BCUT2D eigenvalue weighted by atomic mass is 79.9. The molecule has 0 atom stereocenters. The Kier molecular flexibility index (Phi) is 11.4. The van der Waals surface area contributed by atoms with E-state index in [0.717, 1.165) is 22.4 Å². The molecule has 49 heavy (non-hydrogen) atoms. The van der Waals surface area contributed by atoms with Crippen LogP contribution in [0.25, 0.3) is 22.3 Å². The van der Waals surface area contributed by atoms with Gasteiger partial charge in [-0.2, -0.15) is 9.78 Å². The molecule has 0 fully saturated rings. The lowest BCUT2D eigenvalue weighted by molar-refractivity contribution is -0.118. The molecular weight excluding hydrogens is 715 g/mol. The molecule has 0 unspecified atom stereocenters. The summed E-state index contributed by atoms with van der Waals surface area (Å²) < 4.78 is 32.8. The van der Waals surface area contributed by atoms with Gasteiger partial charge < -0.3 is 19.5 Å². The first kappa shape index (κ1) is 35.6. The summed E-state index contributed by atoms with van der Waals surface area (Å²) in [5, 5.41) is 7.76. The number of amides is 1. The Hall–Kier alpha value is -4.74. The van der Waals surface area contributed by atoms with Crippen LogP contribution in [0.2, 0.25) is 5.02 Å². The number of carbonyl (C=O) groups is 1. The lowest BCUT2D eigenvalue weighted by Gasteiger charge is -2.18. The maximum absolute atomic E-state index is 14.0. The molecule has 0 radical (unpaired) electrons. The van der Waals surface area contributed by atoms with Gasteiger partial charge in [-0.15, -0.1) is 0 Å². The normalized spacial score (nSPS) is 11.4. The quantitative estimate of drug-likeness (QED) is 0.128. The van der Waals surface area contributed by atoms with Crippen molar-refractivity contribution in [2.24, 2.45) is 5.10 Å². The van der Waals surface area contributed by atoms with Crippen LogP contribution in [-0.2, 0) is 4.79 Å². The van der Waals surface area contributed by atoms with Crippen molar-refractivity contribution in [3.63, 3.8) is 0 Å². The van der Waals surface area contributed by atoms with Crippen LogP contribution >= 0.6 is 27.5 Å². The SMILES string of the molecule is CCOc1cc(C)c(-c2nc3ccccc3c(=O)n2N=Cc2cc(OCC)c(OCC(=O)Nc3cccc(F)c3)c(Cl)c2Br)cc1C(C)C. The maximum Gasteiger partial charge on any atom is 0.282 e. The third kappa shape index (κ3) is 7.95. The smallest absolute Gasteiger partial charge is 0.282 e. The molecule has 5 aromatic rings. The van der Waals surface area contributed by atoms with E-state index in [9.17, 15) is 14.0 Å². The molecule has 0 aliphatic rings. The van der Waals surface area contributed by atoms with E-state index >= 15 is 0 Å². The van der Waals surface area contributed by atoms with E-state index in [1.807, 2.05) is 32.0 Å². The lowest BCUT2D eigenvalue weighted by Crippen LogP contribution is -2.21. The number of carbonyl (C=O) groups excluding carboxylic acids is 1. The number of fused-ring (bicyclic) bond motifs is 1. The minimum Gasteiger partial charge on any atom is -0.494 e. The first-order valence-corrected chi connectivity index (χ1v) is 16.9. The topological polar surface area (TPSA) is 104 Å². The zero-order valence-electron chi connectivity index (χ0n) is 27.6. The number of benzene rings is 4. The van der Waals surface area contributed by atoms with Gasteiger partial charge in [-0.05, 0) is 102 Å². The van der Waals surface area contributed by atoms with Crippen LogP contribution in [0.5, 0.6) is 17.2 Å². The fourth-order valence-corrected chi connectivity index (χ4v) is 5.85. The van der Waals surface area contributed by atoms with E-state index in [4.69, 9.17) is 30.8 Å². The van der Waals surface area contributed by atoms with Crippen LogP contribution in [0.4, 0.5) is 10.1 Å². The number of anilines is 1. The predicted molar refractivity (Wildman–Crippen MR) is 195 cm³/mol. The highest BCUT2D eigenvalue weighted by molar-refractivity contribution is 9.10. The van der Waals surface area contributed by atoms with Crippen LogP contribution in [0.1, 0.15) is 50.3 Å². The molecule has 1 aromatic heterocycles. The molecule has 1 amide bonds. The van der Waals surface area contributed by atoms with Crippen LogP contribution in [0.3, 0.4) is 0 Å². The van der Waals surface area contributed by atoms with Gasteiger partial charge in [0, 0.05) is 21.3 Å². The van der Waals surface area contributed by atoms with E-state index in [0.29, 0.717) is 33.4 Å². The predicted octanol–water partition coefficient (Wildman–Crippen LogP) is 8.75. The van der Waals surface area contributed by atoms with Gasteiger partial charge in [-0.3, -0.25) is 9.59 Å². The third-order valence-corrected chi connectivity index (χ3v) is 8.94. The van der Waals surface area contributed by atoms with Crippen molar-refractivity contribution in [2.75, 3.05) is 25.1 Å². The van der Waals surface area contributed by atoms with Gasteiger partial charge in [-0.25, -0.2) is 9.37 Å². The molecule has 4 aromatic carbocycles. The molecule has 12 heteroatoms. The van der Waals surface area contributed by atoms with Crippen molar-refractivity contribution in [1.29, 1.82) is 0 Å². The van der Waals surface area contributed by atoms with E-state index in [1.165, 1.54) is 29.1 Å². The van der Waals surface area contributed by atoms with Crippen LogP contribution in [0, 0.1) is 12.7 Å². The number of hydrogen-bond acceptors (Lipinski definition) is 7. The summed E-state index contributed by atoms with van der Waals surface area (Å²) in [5.41, 5.74) is 3.53. The highest BCUT2D eigenvalue weighted by Gasteiger charge is 2.21. The van der Waals surface area contributed by atoms with E-state index in [1.54, 1.807) is 37.3 Å². The van der Waals surface area contributed by atoms with Crippen molar-refractivity contribution < 1.29 is 23.4 Å². The van der Waals surface area contributed by atoms with Gasteiger partial charge in [0.25, 0.3) is 11.5 Å². The van der Waals surface area contributed by atoms with Crippen molar-refractivity contribution in [3.05, 3.63) is 109 Å². The fraction of sp³-hybridized carbons (Fsp3) is 0.243. The largest absolute Gasteiger partial charge is 0.494 e. The lowest BCUT2D eigenvalue weighted by atomic mass is 9.96. The number of para-hydroxylation sites is 1. The molecule has 1 N–H and O–H groups in total. The van der Waals surface area contributed by atoms with Gasteiger partial charge in [0.2, 0.25) is 0 Å². The summed E-state index contributed by atoms with van der Waals surface area (Å²) in [6.45, 7) is 10.2. The van der Waals surface area contributed by atoms with Crippen molar-refractivity contribution in [1.82, 2.24) is 9.66 Å². The molecule has 254 valence electrons. The summed E-state index contributed by atoms with van der Waals surface area (Å²) in [6, 6.07) is 18.2. The number of rotatable bonds is 12. The molecule has 0 spiro atoms. The summed E-state index contributed by atoms with van der Waals surface area (Å²) >= 11 is 10.3. The molecule has 0 saturated carbocycles. The summed E-state index contributed by atoms with van der Waals surface area (Å²) in [7, 11) is 0. The average Bonchev–Trinajstić information content (AvgIpc) is 3.06. The number of nitrogens with one attached hydrogen (secondary N) is 1. The first-order valence-electron chi connectivity index (χ1n) is 15.7. The summed E-state index contributed by atoms with van der Waals surface area (Å²) in [6.07, 6.45) is 1.48.